The molecule has 3 rings (SSSR count). The minimum absolute atomic E-state index is 0.0452. The number of nitrogens with zero attached hydrogens (tertiary/aromatic N) is 2. The normalized spacial score (nSPS) is 23.4. The number of hydrogen-bond acceptors (Lipinski definition) is 4. The van der Waals surface area contributed by atoms with Gasteiger partial charge in [0, 0.05) is 0 Å². The van der Waals surface area contributed by atoms with Crippen molar-refractivity contribution in [3.63, 3.8) is 0 Å². The largest absolute Gasteiger partial charge is 0.445 e. The number of rotatable bonds is 2. The molecule has 1 atom stereocenters. The van der Waals surface area contributed by atoms with Gasteiger partial charge in [-0.1, -0.05) is 30.3 Å². The lowest BCUT2D eigenvalue weighted by Crippen LogP contribution is -2.55. The van der Waals surface area contributed by atoms with Crippen LogP contribution >= 0.6 is 0 Å². The van der Waals surface area contributed by atoms with E-state index in [1.807, 2.05) is 44.2 Å². The zero-order valence-electron chi connectivity index (χ0n) is 12.8. The Bertz CT molecular complexity index is 573. The lowest BCUT2D eigenvalue weighted by molar-refractivity contribution is -0.146. The SMILES string of the molecule is CC1(C)CN2C(=O)CN(C(=O)OCc3ccccc3)CC2O1. The molecular formula is C16H20N2O4. The lowest BCUT2D eigenvalue weighted by atomic mass is 10.1. The molecule has 2 fully saturated rings. The number of benzene rings is 1. The van der Waals surface area contributed by atoms with Gasteiger partial charge in [0.2, 0.25) is 5.91 Å². The second-order valence-corrected chi connectivity index (χ2v) is 6.27. The summed E-state index contributed by atoms with van der Waals surface area (Å²) in [5.41, 5.74) is 0.545. The summed E-state index contributed by atoms with van der Waals surface area (Å²) in [4.78, 5) is 27.4. The Balaban J connectivity index is 1.59. The molecule has 1 aromatic carbocycles. The van der Waals surface area contributed by atoms with E-state index in [0.29, 0.717) is 13.1 Å². The van der Waals surface area contributed by atoms with Gasteiger partial charge in [-0.25, -0.2) is 4.79 Å². The Morgan fingerprint density at radius 1 is 1.36 bits per heavy atom. The van der Waals surface area contributed by atoms with Crippen molar-refractivity contribution in [3.8, 4) is 0 Å². The molecule has 0 spiro atoms. The maximum atomic E-state index is 12.1. The van der Waals surface area contributed by atoms with Crippen molar-refractivity contribution in [1.82, 2.24) is 9.80 Å². The molecule has 1 unspecified atom stereocenters. The van der Waals surface area contributed by atoms with Crippen molar-refractivity contribution >= 4 is 12.0 Å². The predicted octanol–water partition coefficient (Wildman–Crippen LogP) is 1.60. The van der Waals surface area contributed by atoms with Crippen molar-refractivity contribution in [2.24, 2.45) is 0 Å². The number of carbonyl (C=O) groups is 2. The summed E-state index contributed by atoms with van der Waals surface area (Å²) in [6, 6.07) is 9.46. The molecule has 6 heteroatoms. The fraction of sp³-hybridized carbons (Fsp3) is 0.500. The van der Waals surface area contributed by atoms with Gasteiger partial charge in [0.05, 0.1) is 18.7 Å². The number of ether oxygens (including phenoxy) is 2. The number of hydrogen-bond donors (Lipinski definition) is 0. The van der Waals surface area contributed by atoms with E-state index in [2.05, 4.69) is 0 Å². The molecule has 0 radical (unpaired) electrons. The lowest BCUT2D eigenvalue weighted by Gasteiger charge is -2.34. The van der Waals surface area contributed by atoms with Crippen molar-refractivity contribution in [2.75, 3.05) is 19.6 Å². The van der Waals surface area contributed by atoms with Crippen LogP contribution in [0.25, 0.3) is 0 Å². The van der Waals surface area contributed by atoms with Crippen molar-refractivity contribution in [1.29, 1.82) is 0 Å². The van der Waals surface area contributed by atoms with Crippen LogP contribution in [0.2, 0.25) is 0 Å². The highest BCUT2D eigenvalue weighted by atomic mass is 16.6. The van der Waals surface area contributed by atoms with Gasteiger partial charge in [0.15, 0.2) is 6.23 Å². The second-order valence-electron chi connectivity index (χ2n) is 6.27. The molecule has 0 aliphatic carbocycles. The van der Waals surface area contributed by atoms with Gasteiger partial charge in [-0.2, -0.15) is 0 Å². The highest BCUT2D eigenvalue weighted by Crippen LogP contribution is 2.28. The highest BCUT2D eigenvalue weighted by molar-refractivity contribution is 5.84. The van der Waals surface area contributed by atoms with Gasteiger partial charge < -0.3 is 14.4 Å². The molecule has 2 heterocycles. The number of carbonyl (C=O) groups excluding carboxylic acids is 2. The molecule has 2 aliphatic rings. The van der Waals surface area contributed by atoms with Crippen molar-refractivity contribution in [3.05, 3.63) is 35.9 Å². The van der Waals surface area contributed by atoms with E-state index in [1.165, 1.54) is 4.90 Å². The van der Waals surface area contributed by atoms with E-state index >= 15 is 0 Å². The van der Waals surface area contributed by atoms with Crippen LogP contribution in [0.3, 0.4) is 0 Å². The van der Waals surface area contributed by atoms with Crippen LogP contribution in [0.15, 0.2) is 30.3 Å². The Morgan fingerprint density at radius 2 is 2.09 bits per heavy atom. The number of amides is 2. The zero-order chi connectivity index (χ0) is 15.7. The van der Waals surface area contributed by atoms with Gasteiger partial charge in [0.1, 0.15) is 13.2 Å². The zero-order valence-corrected chi connectivity index (χ0v) is 12.8. The standard InChI is InChI=1S/C16H20N2O4/c1-16(2)11-18-13(19)8-17(9-14(18)22-16)15(20)21-10-12-6-4-3-5-7-12/h3-7,14H,8-11H2,1-2H3. The Labute approximate surface area is 129 Å². The van der Waals surface area contributed by atoms with E-state index < -0.39 is 6.09 Å². The third kappa shape index (κ3) is 3.06. The summed E-state index contributed by atoms with van der Waals surface area (Å²) in [5.74, 6) is -0.0986. The third-order valence-electron chi connectivity index (χ3n) is 3.84. The quantitative estimate of drug-likeness (QED) is 0.833. The summed E-state index contributed by atoms with van der Waals surface area (Å²) < 4.78 is 11.1. The van der Waals surface area contributed by atoms with Gasteiger partial charge in [-0.15, -0.1) is 0 Å². The monoisotopic (exact) mass is 304 g/mol. The number of fused-ring (bicyclic) bond motifs is 1. The molecule has 2 saturated heterocycles. The van der Waals surface area contributed by atoms with Gasteiger partial charge in [0.25, 0.3) is 0 Å². The minimum atomic E-state index is -0.481. The summed E-state index contributed by atoms with van der Waals surface area (Å²) in [6.07, 6.45) is -0.856. The van der Waals surface area contributed by atoms with Crippen LogP contribution < -0.4 is 0 Å². The summed E-state index contributed by atoms with van der Waals surface area (Å²) in [6.45, 7) is 5.04. The molecule has 0 saturated carbocycles. The Hall–Kier alpha value is -2.08. The van der Waals surface area contributed by atoms with Crippen molar-refractivity contribution < 1.29 is 19.1 Å². The molecular weight excluding hydrogens is 284 g/mol. The van der Waals surface area contributed by atoms with Crippen LogP contribution in [-0.2, 0) is 20.9 Å². The smallest absolute Gasteiger partial charge is 0.410 e. The number of piperazine rings is 1. The summed E-state index contributed by atoms with van der Waals surface area (Å²) >= 11 is 0. The van der Waals surface area contributed by atoms with Gasteiger partial charge >= 0.3 is 6.09 Å². The molecule has 2 amide bonds. The maximum absolute atomic E-state index is 12.1. The van der Waals surface area contributed by atoms with Crippen LogP contribution in [0.1, 0.15) is 19.4 Å². The summed E-state index contributed by atoms with van der Waals surface area (Å²) in [7, 11) is 0. The topological polar surface area (TPSA) is 59.1 Å². The maximum Gasteiger partial charge on any atom is 0.410 e. The molecule has 22 heavy (non-hydrogen) atoms. The van der Waals surface area contributed by atoms with E-state index in [1.54, 1.807) is 4.90 Å². The fourth-order valence-corrected chi connectivity index (χ4v) is 2.82. The molecule has 0 aromatic heterocycles. The molecule has 0 bridgehead atoms. The second kappa shape index (κ2) is 5.61. The first kappa shape index (κ1) is 14.8. The fourth-order valence-electron chi connectivity index (χ4n) is 2.82. The Morgan fingerprint density at radius 3 is 2.82 bits per heavy atom. The van der Waals surface area contributed by atoms with Gasteiger partial charge in [-0.05, 0) is 19.4 Å². The van der Waals surface area contributed by atoms with E-state index in [-0.39, 0.29) is 30.9 Å². The molecule has 1 aromatic rings. The Kier molecular flexibility index (Phi) is 3.78. The van der Waals surface area contributed by atoms with E-state index in [0.717, 1.165) is 5.56 Å². The van der Waals surface area contributed by atoms with Crippen LogP contribution in [0.5, 0.6) is 0 Å². The summed E-state index contributed by atoms with van der Waals surface area (Å²) in [5, 5.41) is 0. The highest BCUT2D eigenvalue weighted by Gasteiger charge is 2.45. The van der Waals surface area contributed by atoms with E-state index in [9.17, 15) is 9.59 Å². The first-order valence-corrected chi connectivity index (χ1v) is 7.37. The van der Waals surface area contributed by atoms with Crippen molar-refractivity contribution in [2.45, 2.75) is 32.3 Å². The van der Waals surface area contributed by atoms with E-state index in [4.69, 9.17) is 9.47 Å². The molecule has 0 N–H and O–H groups in total. The van der Waals surface area contributed by atoms with Gasteiger partial charge in [-0.3, -0.25) is 9.69 Å². The van der Waals surface area contributed by atoms with Crippen LogP contribution in [0.4, 0.5) is 4.79 Å². The average molecular weight is 304 g/mol. The molecule has 118 valence electrons. The predicted molar refractivity (Wildman–Crippen MR) is 78.9 cm³/mol. The van der Waals surface area contributed by atoms with Crippen LogP contribution in [-0.4, -0.2) is 53.3 Å². The first-order chi connectivity index (χ1) is 10.4. The molecule has 6 nitrogen and oxygen atoms in total. The minimum Gasteiger partial charge on any atom is -0.445 e. The first-order valence-electron chi connectivity index (χ1n) is 7.37. The third-order valence-corrected chi connectivity index (χ3v) is 3.84. The van der Waals surface area contributed by atoms with Crippen LogP contribution in [0, 0.1) is 0 Å². The molecule has 2 aliphatic heterocycles. The average Bonchev–Trinajstić information content (AvgIpc) is 2.80.